The van der Waals surface area contributed by atoms with Crippen LogP contribution in [0.5, 0.6) is 11.5 Å². The highest BCUT2D eigenvalue weighted by atomic mass is 16.5. The number of carbonyl (C=O) groups is 1. The van der Waals surface area contributed by atoms with Crippen molar-refractivity contribution in [3.63, 3.8) is 0 Å². The number of carbonyl (C=O) groups excluding carboxylic acids is 1. The van der Waals surface area contributed by atoms with Gasteiger partial charge in [0.1, 0.15) is 29.3 Å². The lowest BCUT2D eigenvalue weighted by molar-refractivity contribution is 0.0445. The lowest BCUT2D eigenvalue weighted by Gasteiger charge is -2.20. The molecular weight excluding hydrogens is 412 g/mol. The van der Waals surface area contributed by atoms with E-state index >= 15 is 0 Å². The largest absolute Gasteiger partial charge is 0.486 e. The number of ether oxygens (including phenoxy) is 2. The summed E-state index contributed by atoms with van der Waals surface area (Å²) in [7, 11) is 1.83. The van der Waals surface area contributed by atoms with Gasteiger partial charge in [-0.25, -0.2) is 9.50 Å². The van der Waals surface area contributed by atoms with E-state index in [2.05, 4.69) is 20.5 Å². The van der Waals surface area contributed by atoms with E-state index < -0.39 is 5.60 Å². The molecule has 0 saturated heterocycles. The molecule has 5 rings (SSSR count). The van der Waals surface area contributed by atoms with Crippen LogP contribution in [0.3, 0.4) is 0 Å². The van der Waals surface area contributed by atoms with Crippen LogP contribution in [0.1, 0.15) is 28.4 Å². The summed E-state index contributed by atoms with van der Waals surface area (Å²) in [6.07, 6.45) is 8.91. The number of nitrogens with zero attached hydrogens (tertiary/aromatic N) is 5. The molecule has 0 spiro atoms. The zero-order valence-electron chi connectivity index (χ0n) is 17.6. The highest BCUT2D eigenvalue weighted by Gasteiger charge is 2.35. The number of aliphatic hydroxyl groups is 1. The predicted molar refractivity (Wildman–Crippen MR) is 115 cm³/mol. The number of fused-ring (bicyclic) bond motifs is 2. The first-order valence-corrected chi connectivity index (χ1v) is 10.1. The second-order valence-electron chi connectivity index (χ2n) is 8.05. The molecular formula is C22H22N6O4. The van der Waals surface area contributed by atoms with E-state index in [0.717, 1.165) is 11.1 Å². The second kappa shape index (κ2) is 7.65. The normalized spacial score (nSPS) is 17.2. The van der Waals surface area contributed by atoms with Gasteiger partial charge in [0, 0.05) is 49.3 Å². The molecule has 1 aliphatic heterocycles. The Bertz CT molecular complexity index is 1310. The maximum Gasteiger partial charge on any atom is 0.261 e. The van der Waals surface area contributed by atoms with Gasteiger partial charge < -0.3 is 19.9 Å². The minimum absolute atomic E-state index is 0.122. The second-order valence-corrected chi connectivity index (χ2v) is 8.05. The Labute approximate surface area is 183 Å². The average molecular weight is 434 g/mol. The van der Waals surface area contributed by atoms with Crippen molar-refractivity contribution >= 4 is 17.2 Å². The Hall–Kier alpha value is -3.92. The molecule has 1 aliphatic rings. The highest BCUT2D eigenvalue weighted by Crippen LogP contribution is 2.41. The fourth-order valence-corrected chi connectivity index (χ4v) is 3.73. The maximum absolute atomic E-state index is 13.1. The summed E-state index contributed by atoms with van der Waals surface area (Å²) in [6.45, 7) is 1.99. The standard InChI is InChI=1S/C22H22N6O4/c1-22(13-29)8-15-6-17(26-21(30)16-10-25-28-5-3-4-23-20(16)28)19(7-18(15)32-22)31-12-14-9-24-27(2)11-14/h3-7,9-11,29H,8,12-13H2,1-2H3,(H,26,30)/t22-/m1/s1. The molecule has 1 atom stereocenters. The Balaban J connectivity index is 1.46. The van der Waals surface area contributed by atoms with Gasteiger partial charge in [-0.2, -0.15) is 10.2 Å². The summed E-state index contributed by atoms with van der Waals surface area (Å²) in [4.78, 5) is 17.3. The zero-order valence-corrected chi connectivity index (χ0v) is 17.6. The fraction of sp³-hybridized carbons (Fsp3) is 0.273. The summed E-state index contributed by atoms with van der Waals surface area (Å²) < 4.78 is 15.2. The number of nitrogens with one attached hydrogen (secondary N) is 1. The van der Waals surface area contributed by atoms with Crippen molar-refractivity contribution in [1.29, 1.82) is 0 Å². The third-order valence-corrected chi connectivity index (χ3v) is 5.34. The van der Waals surface area contributed by atoms with E-state index in [4.69, 9.17) is 9.47 Å². The molecule has 0 unspecified atom stereocenters. The zero-order chi connectivity index (χ0) is 22.3. The average Bonchev–Trinajstić information content (AvgIpc) is 3.48. The lowest BCUT2D eigenvalue weighted by atomic mass is 10.00. The van der Waals surface area contributed by atoms with Crippen LogP contribution in [0.25, 0.3) is 5.65 Å². The molecule has 1 amide bonds. The van der Waals surface area contributed by atoms with Crippen LogP contribution in [0.4, 0.5) is 5.69 Å². The van der Waals surface area contributed by atoms with Gasteiger partial charge in [-0.05, 0) is 19.1 Å². The van der Waals surface area contributed by atoms with E-state index in [1.807, 2.05) is 26.2 Å². The maximum atomic E-state index is 13.1. The number of aromatic nitrogens is 5. The minimum Gasteiger partial charge on any atom is -0.486 e. The van der Waals surface area contributed by atoms with Gasteiger partial charge in [-0.1, -0.05) is 0 Å². The number of aliphatic hydroxyl groups excluding tert-OH is 1. The van der Waals surface area contributed by atoms with Crippen molar-refractivity contribution in [1.82, 2.24) is 24.4 Å². The third-order valence-electron chi connectivity index (χ3n) is 5.34. The first-order chi connectivity index (χ1) is 15.4. The number of benzene rings is 1. The van der Waals surface area contributed by atoms with E-state index in [1.54, 1.807) is 35.4 Å². The molecule has 0 fully saturated rings. The van der Waals surface area contributed by atoms with Crippen LogP contribution < -0.4 is 14.8 Å². The minimum atomic E-state index is -0.710. The first kappa shape index (κ1) is 20.0. The van der Waals surface area contributed by atoms with Crippen molar-refractivity contribution in [2.75, 3.05) is 11.9 Å². The van der Waals surface area contributed by atoms with Crippen molar-refractivity contribution in [3.05, 3.63) is 65.9 Å². The van der Waals surface area contributed by atoms with Gasteiger partial charge in [0.25, 0.3) is 5.91 Å². The van der Waals surface area contributed by atoms with Crippen LogP contribution in [0.15, 0.2) is 49.2 Å². The number of hydrogen-bond donors (Lipinski definition) is 2. The van der Waals surface area contributed by atoms with Gasteiger partial charge in [-0.3, -0.25) is 9.48 Å². The SMILES string of the molecule is Cn1cc(COc2cc3c(cc2NC(=O)c2cnn4cccnc24)C[C@](C)(CO)O3)cn1. The fourth-order valence-electron chi connectivity index (χ4n) is 3.73. The third kappa shape index (κ3) is 3.65. The molecule has 164 valence electrons. The van der Waals surface area contributed by atoms with Crippen LogP contribution in [-0.4, -0.2) is 47.6 Å². The molecule has 10 heteroatoms. The van der Waals surface area contributed by atoms with Crippen molar-refractivity contribution in [2.45, 2.75) is 25.6 Å². The molecule has 0 bridgehead atoms. The lowest BCUT2D eigenvalue weighted by Crippen LogP contribution is -2.34. The van der Waals surface area contributed by atoms with E-state index in [9.17, 15) is 9.90 Å². The van der Waals surface area contributed by atoms with Gasteiger partial charge >= 0.3 is 0 Å². The quantitative estimate of drug-likeness (QED) is 0.477. The topological polar surface area (TPSA) is 116 Å². The van der Waals surface area contributed by atoms with Crippen LogP contribution in [0, 0.1) is 0 Å². The van der Waals surface area contributed by atoms with Crippen molar-refractivity contribution < 1.29 is 19.4 Å². The van der Waals surface area contributed by atoms with Crippen LogP contribution in [0.2, 0.25) is 0 Å². The van der Waals surface area contributed by atoms with E-state index in [0.29, 0.717) is 34.8 Å². The van der Waals surface area contributed by atoms with Gasteiger partial charge in [0.05, 0.1) is 24.7 Å². The molecule has 4 heterocycles. The van der Waals surface area contributed by atoms with Gasteiger partial charge in [0.2, 0.25) is 0 Å². The molecule has 4 aromatic rings. The molecule has 3 aromatic heterocycles. The van der Waals surface area contributed by atoms with Crippen molar-refractivity contribution in [2.24, 2.45) is 7.05 Å². The number of amides is 1. The van der Waals surface area contributed by atoms with E-state index in [-0.39, 0.29) is 19.1 Å². The number of anilines is 1. The summed E-state index contributed by atoms with van der Waals surface area (Å²) in [5.41, 5.74) is 2.36. The smallest absolute Gasteiger partial charge is 0.261 e. The molecule has 0 aliphatic carbocycles. The number of hydrogen-bond acceptors (Lipinski definition) is 7. The molecule has 2 N–H and O–H groups in total. The van der Waals surface area contributed by atoms with Crippen LogP contribution >= 0.6 is 0 Å². The summed E-state index contributed by atoms with van der Waals surface area (Å²) in [6, 6.07) is 5.31. The first-order valence-electron chi connectivity index (χ1n) is 10.1. The Morgan fingerprint density at radius 1 is 1.34 bits per heavy atom. The Kier molecular flexibility index (Phi) is 4.78. The molecule has 0 saturated carbocycles. The predicted octanol–water partition coefficient (Wildman–Crippen LogP) is 1.98. The molecule has 0 radical (unpaired) electrons. The summed E-state index contributed by atoms with van der Waals surface area (Å²) in [5, 5.41) is 21.0. The highest BCUT2D eigenvalue weighted by molar-refractivity contribution is 6.08. The Morgan fingerprint density at radius 3 is 3.00 bits per heavy atom. The molecule has 10 nitrogen and oxygen atoms in total. The molecule has 32 heavy (non-hydrogen) atoms. The van der Waals surface area contributed by atoms with Crippen molar-refractivity contribution in [3.8, 4) is 11.5 Å². The number of aryl methyl sites for hydroxylation is 1. The summed E-state index contributed by atoms with van der Waals surface area (Å²) >= 11 is 0. The van der Waals surface area contributed by atoms with Gasteiger partial charge in [0.15, 0.2) is 5.65 Å². The van der Waals surface area contributed by atoms with Gasteiger partial charge in [-0.15, -0.1) is 0 Å². The van der Waals surface area contributed by atoms with Crippen LogP contribution in [-0.2, 0) is 20.1 Å². The van der Waals surface area contributed by atoms with E-state index in [1.165, 1.54) is 10.7 Å². The summed E-state index contributed by atoms with van der Waals surface area (Å²) in [5.74, 6) is 0.722. The molecule has 1 aromatic carbocycles. The Morgan fingerprint density at radius 2 is 2.22 bits per heavy atom. The monoisotopic (exact) mass is 434 g/mol. The number of rotatable bonds is 6.